The van der Waals surface area contributed by atoms with E-state index in [1.807, 2.05) is 77.1 Å². The molecule has 0 aromatic heterocycles. The predicted molar refractivity (Wildman–Crippen MR) is 349 cm³/mol. The second-order valence-corrected chi connectivity index (χ2v) is 28.0. The van der Waals surface area contributed by atoms with Crippen LogP contribution >= 0.6 is 0 Å². The average Bonchev–Trinajstić information content (AvgIpc) is 1.25. The summed E-state index contributed by atoms with van der Waals surface area (Å²) in [7, 11) is 1.21. The molecule has 1 unspecified atom stereocenters. The van der Waals surface area contributed by atoms with Crippen LogP contribution in [0.5, 0.6) is 0 Å². The summed E-state index contributed by atoms with van der Waals surface area (Å²) >= 11 is 0. The van der Waals surface area contributed by atoms with Gasteiger partial charge in [0.2, 0.25) is 59.1 Å². The number of allylic oxidation sites excluding steroid dienone is 3. The van der Waals surface area contributed by atoms with Crippen molar-refractivity contribution in [2.75, 3.05) is 39.9 Å². The van der Waals surface area contributed by atoms with E-state index >= 15 is 0 Å². The Morgan fingerprint density at radius 2 is 1.12 bits per heavy atom. The molecule has 0 radical (unpaired) electrons. The number of alkyl carbamates (subject to hydrolysis) is 1. The van der Waals surface area contributed by atoms with Crippen molar-refractivity contribution in [2.24, 2.45) is 29.6 Å². The number of carbonyl (C=O) groups excluding carboxylic acids is 12. The number of rotatable bonds is 32. The van der Waals surface area contributed by atoms with Crippen LogP contribution in [0.4, 0.5) is 4.79 Å². The summed E-state index contributed by atoms with van der Waals surface area (Å²) in [6.07, 6.45) is 7.51. The first kappa shape index (κ1) is 77.2. The monoisotopic (exact) mass is 1300 g/mol. The van der Waals surface area contributed by atoms with Gasteiger partial charge >= 0.3 is 12.1 Å². The summed E-state index contributed by atoms with van der Waals surface area (Å²) in [5, 5.41) is 42.9. The molecule has 1 saturated heterocycles. The van der Waals surface area contributed by atoms with Gasteiger partial charge in [-0.15, -0.1) is 0 Å². The Morgan fingerprint density at radius 1 is 0.624 bits per heavy atom. The van der Waals surface area contributed by atoms with E-state index in [0.29, 0.717) is 6.42 Å². The molecule has 27 nitrogen and oxygen atoms in total. The predicted octanol–water partition coefficient (Wildman–Crippen LogP) is 2.82. The lowest BCUT2D eigenvalue weighted by molar-refractivity contribution is -0.146. The first-order chi connectivity index (χ1) is 43.2. The Morgan fingerprint density at radius 3 is 1.67 bits per heavy atom. The second-order valence-electron chi connectivity index (χ2n) is 28.0. The lowest BCUT2D eigenvalue weighted by Crippen LogP contribution is -2.73. The lowest BCUT2D eigenvalue weighted by Gasteiger charge is -2.62. The minimum Gasteiger partial charge on any atom is -0.784 e. The normalized spacial score (nSPS) is 17.8. The SMILES string of the molecule is CC[C@H](C)[C@H](NC(=O)CNC(=O)C1(NC(=O)[C@H](CC(C)C)NC(=O)CNC(=O)CNC(=O)C(C)(C)NC(=O)[C@H](CC(C)C)NC(=O)CNC(=O)C(C)(C)NC(=O)OCC2C=CC=C3C2=Cc2ccccc23)CC(C)(C)N([O-])C(C)(C)C1)C(=O)N[C@@H](CC(C)C)C(=O)OC. The number of nitrogens with one attached hydrogen (secondary N) is 11. The molecule has 2 aliphatic carbocycles. The van der Waals surface area contributed by atoms with Crippen LogP contribution in [0.2, 0.25) is 0 Å². The number of hydrogen-bond donors (Lipinski definition) is 11. The number of amides is 11. The summed E-state index contributed by atoms with van der Waals surface area (Å²) < 4.78 is 10.4. The Hall–Kier alpha value is -8.20. The fourth-order valence-corrected chi connectivity index (χ4v) is 11.6. The first-order valence-corrected chi connectivity index (χ1v) is 31.8. The van der Waals surface area contributed by atoms with Crippen LogP contribution in [0.25, 0.3) is 11.6 Å². The molecular weight excluding hydrogens is 1200 g/mol. The Labute approximate surface area is 546 Å². The average molecular weight is 1300 g/mol. The molecule has 6 atom stereocenters. The number of esters is 1. The minimum atomic E-state index is -1.83. The van der Waals surface area contributed by atoms with Gasteiger partial charge in [-0.25, -0.2) is 9.59 Å². The van der Waals surface area contributed by atoms with Gasteiger partial charge in [0.15, 0.2) is 0 Å². The molecule has 93 heavy (non-hydrogen) atoms. The van der Waals surface area contributed by atoms with Crippen molar-refractivity contribution >= 4 is 82.8 Å². The molecule has 3 aliphatic rings. The fraction of sp³-hybridized carbons (Fsp3) is 0.636. The van der Waals surface area contributed by atoms with Gasteiger partial charge in [-0.05, 0) is 140 Å². The first-order valence-electron chi connectivity index (χ1n) is 31.8. The number of benzene rings is 1. The van der Waals surface area contributed by atoms with E-state index < -0.39 is 155 Å². The standard InChI is InChI=1S/C66H101N12O15/c1-18-40(8)53(56(85)73-48(28-39(6)7)57(86)92-17)74-52(82)33-70-60(89)66(35-62(9,10)78(91)63(11,12)36-66)76-55(84)47(27-38(4)5)72-50(80)31-67-49(79)30-68-58(87)64(13,14)75-54(83)46(26-37(2)3)71-51(81)32-69-59(88)65(15,16)77-61(90)93-34-42-23-21-25-44-43-24-20-19-22-41(43)29-45(42)44/h19-25,29,37-40,42,46-48,53H,18,26-28,30-36H2,1-17H3,(H,67,79)(H,68,87)(H,69,88)(H,70,89)(H,71,81)(H,72,80)(H,73,85)(H,74,82)(H,75,83)(H,76,84)(H,77,90)/q-1/t40-,42?,46-,47-,48-,53-/m0/s1. The number of fused-ring (bicyclic) bond motifs is 3. The molecule has 27 heteroatoms. The van der Waals surface area contributed by atoms with Gasteiger partial charge in [-0.2, -0.15) is 0 Å². The molecule has 1 aromatic carbocycles. The number of piperidine rings is 1. The van der Waals surface area contributed by atoms with Crippen molar-refractivity contribution in [1.29, 1.82) is 0 Å². The number of nitrogens with zero attached hydrogens (tertiary/aromatic N) is 1. The minimum absolute atomic E-state index is 0.0145. The summed E-state index contributed by atoms with van der Waals surface area (Å²) in [5.41, 5.74) is -3.31. The molecule has 11 N–H and O–H groups in total. The van der Waals surface area contributed by atoms with E-state index in [4.69, 9.17) is 9.47 Å². The Bertz CT molecular complexity index is 3020. The van der Waals surface area contributed by atoms with Gasteiger partial charge in [-0.1, -0.05) is 104 Å². The third-order valence-electron chi connectivity index (χ3n) is 16.3. The highest BCUT2D eigenvalue weighted by Gasteiger charge is 2.54. The number of methoxy groups -OCH3 is 1. The van der Waals surface area contributed by atoms with Gasteiger partial charge in [0.1, 0.15) is 47.4 Å². The largest absolute Gasteiger partial charge is 0.784 e. The van der Waals surface area contributed by atoms with Crippen molar-refractivity contribution in [3.05, 3.63) is 64.4 Å². The van der Waals surface area contributed by atoms with Gasteiger partial charge in [0, 0.05) is 17.0 Å². The van der Waals surface area contributed by atoms with E-state index in [-0.39, 0.29) is 62.4 Å². The van der Waals surface area contributed by atoms with Crippen molar-refractivity contribution in [3.8, 4) is 0 Å². The van der Waals surface area contributed by atoms with Crippen molar-refractivity contribution in [2.45, 2.75) is 201 Å². The zero-order chi connectivity index (χ0) is 70.1. The van der Waals surface area contributed by atoms with E-state index in [9.17, 15) is 62.7 Å². The quantitative estimate of drug-likeness (QED) is 0.0462. The van der Waals surface area contributed by atoms with Crippen LogP contribution in [-0.4, -0.2) is 168 Å². The smallest absolute Gasteiger partial charge is 0.408 e. The van der Waals surface area contributed by atoms with E-state index in [2.05, 4.69) is 64.6 Å². The van der Waals surface area contributed by atoms with Crippen molar-refractivity contribution in [3.63, 3.8) is 0 Å². The number of hydrogen-bond acceptors (Lipinski definition) is 16. The Balaban J connectivity index is 1.31. The number of ether oxygens (including phenoxy) is 2. The summed E-state index contributed by atoms with van der Waals surface area (Å²) in [5.74, 6) is -9.26. The molecule has 11 amide bonds. The molecule has 1 heterocycles. The van der Waals surface area contributed by atoms with Crippen LogP contribution in [0, 0.1) is 34.8 Å². The van der Waals surface area contributed by atoms with E-state index in [1.165, 1.54) is 34.8 Å². The van der Waals surface area contributed by atoms with E-state index in [1.54, 1.807) is 48.5 Å². The molecular formula is C66H101N12O15-. The third-order valence-corrected chi connectivity index (χ3v) is 16.3. The zero-order valence-corrected chi connectivity index (χ0v) is 57.2. The summed E-state index contributed by atoms with van der Waals surface area (Å²) in [6, 6.07) is 3.39. The van der Waals surface area contributed by atoms with Crippen molar-refractivity contribution < 1.29 is 67.0 Å². The van der Waals surface area contributed by atoms with Crippen molar-refractivity contribution in [1.82, 2.24) is 63.5 Å². The van der Waals surface area contributed by atoms with Crippen LogP contribution in [0.15, 0.2) is 48.1 Å². The highest BCUT2D eigenvalue weighted by atomic mass is 16.5. The van der Waals surface area contributed by atoms with Gasteiger partial charge < -0.3 is 78.2 Å². The highest BCUT2D eigenvalue weighted by molar-refractivity contribution is 6.00. The van der Waals surface area contributed by atoms with Crippen LogP contribution in [0.3, 0.4) is 0 Å². The maximum absolute atomic E-state index is 14.6. The maximum Gasteiger partial charge on any atom is 0.408 e. The number of carbonyl (C=O) groups is 12. The molecule has 0 spiro atoms. The van der Waals surface area contributed by atoms with Gasteiger partial charge in [0.05, 0.1) is 33.3 Å². The van der Waals surface area contributed by atoms with Gasteiger partial charge in [-0.3, -0.25) is 47.9 Å². The Kier molecular flexibility index (Phi) is 27.5. The fourth-order valence-electron chi connectivity index (χ4n) is 11.6. The topological polar surface area (TPSA) is 382 Å². The third kappa shape index (κ3) is 22.2. The molecule has 1 aromatic rings. The molecule has 1 fully saturated rings. The van der Waals surface area contributed by atoms with E-state index in [0.717, 1.165) is 27.3 Å². The maximum atomic E-state index is 14.6. The summed E-state index contributed by atoms with van der Waals surface area (Å²) in [6.45, 7) is 24.0. The second kappa shape index (κ2) is 33.1. The van der Waals surface area contributed by atoms with Crippen LogP contribution in [0.1, 0.15) is 160 Å². The zero-order valence-electron chi connectivity index (χ0n) is 57.2. The van der Waals surface area contributed by atoms with Crippen LogP contribution in [-0.2, 0) is 62.2 Å². The molecule has 516 valence electrons. The highest BCUT2D eigenvalue weighted by Crippen LogP contribution is 2.44. The lowest BCUT2D eigenvalue weighted by atomic mass is 9.69. The number of hydroxylamine groups is 2. The molecule has 0 saturated carbocycles. The molecule has 0 bridgehead atoms. The molecule has 4 rings (SSSR count). The molecule has 1 aliphatic heterocycles. The van der Waals surface area contributed by atoms with Crippen LogP contribution < -0.4 is 58.5 Å². The van der Waals surface area contributed by atoms with Gasteiger partial charge in [0.25, 0.3) is 0 Å². The summed E-state index contributed by atoms with van der Waals surface area (Å²) in [4.78, 5) is 162.